The highest BCUT2D eigenvalue weighted by Crippen LogP contribution is 2.37. The lowest BCUT2D eigenvalue weighted by atomic mass is 9.96. The van der Waals surface area contributed by atoms with Crippen LogP contribution in [0, 0.1) is 0 Å². The Kier molecular flexibility index (Phi) is 5.38. The molecular weight excluding hydrogens is 340 g/mol. The third-order valence-corrected chi connectivity index (χ3v) is 4.54. The fourth-order valence-corrected chi connectivity index (χ4v) is 3.17. The fourth-order valence-electron chi connectivity index (χ4n) is 2.93. The van der Waals surface area contributed by atoms with Gasteiger partial charge < -0.3 is 10.1 Å². The largest absolute Gasteiger partial charge is 0.462 e. The van der Waals surface area contributed by atoms with Crippen LogP contribution in [0.2, 0.25) is 5.02 Å². The SMILES string of the molecule is CCCCCOC(=O)C1=C(C)Nc2ncnn2C1c1ccccc1Cl. The minimum Gasteiger partial charge on any atom is -0.462 e. The number of aromatic nitrogens is 3. The van der Waals surface area contributed by atoms with E-state index in [0.717, 1.165) is 24.8 Å². The van der Waals surface area contributed by atoms with Gasteiger partial charge in [-0.25, -0.2) is 9.48 Å². The molecule has 2 aromatic rings. The minimum absolute atomic E-state index is 0.354. The van der Waals surface area contributed by atoms with Crippen molar-refractivity contribution in [3.05, 3.63) is 52.4 Å². The van der Waals surface area contributed by atoms with Crippen molar-refractivity contribution >= 4 is 23.5 Å². The van der Waals surface area contributed by atoms with E-state index in [1.165, 1.54) is 6.33 Å². The molecule has 3 rings (SSSR count). The first-order valence-corrected chi connectivity index (χ1v) is 8.80. The second-order valence-corrected chi connectivity index (χ2v) is 6.37. The summed E-state index contributed by atoms with van der Waals surface area (Å²) in [6.45, 7) is 4.35. The van der Waals surface area contributed by atoms with Gasteiger partial charge in [0, 0.05) is 16.3 Å². The van der Waals surface area contributed by atoms with Crippen LogP contribution in [0.5, 0.6) is 0 Å². The number of allylic oxidation sites excluding steroid dienone is 1. The number of halogens is 1. The maximum Gasteiger partial charge on any atom is 0.338 e. The number of ether oxygens (including phenoxy) is 1. The maximum absolute atomic E-state index is 12.8. The Morgan fingerprint density at radius 1 is 1.36 bits per heavy atom. The molecule has 0 radical (unpaired) electrons. The lowest BCUT2D eigenvalue weighted by Crippen LogP contribution is -2.30. The Bertz CT molecular complexity index is 800. The first kappa shape index (κ1) is 17.5. The lowest BCUT2D eigenvalue weighted by Gasteiger charge is -2.28. The van der Waals surface area contributed by atoms with Crippen LogP contribution in [-0.4, -0.2) is 27.3 Å². The summed E-state index contributed by atoms with van der Waals surface area (Å²) in [6.07, 6.45) is 4.42. The van der Waals surface area contributed by atoms with Gasteiger partial charge in [0.05, 0.1) is 12.2 Å². The molecule has 1 N–H and O–H groups in total. The van der Waals surface area contributed by atoms with Gasteiger partial charge in [0.15, 0.2) is 0 Å². The van der Waals surface area contributed by atoms with E-state index in [9.17, 15) is 4.79 Å². The van der Waals surface area contributed by atoms with Gasteiger partial charge in [-0.1, -0.05) is 49.6 Å². The first-order chi connectivity index (χ1) is 12.1. The number of fused-ring (bicyclic) bond motifs is 1. The van der Waals surface area contributed by atoms with Crippen LogP contribution in [0.25, 0.3) is 0 Å². The molecule has 7 heteroatoms. The van der Waals surface area contributed by atoms with E-state index in [1.54, 1.807) is 10.7 Å². The number of unbranched alkanes of at least 4 members (excludes halogenated alkanes) is 2. The molecule has 6 nitrogen and oxygen atoms in total. The van der Waals surface area contributed by atoms with Crippen LogP contribution in [0.3, 0.4) is 0 Å². The van der Waals surface area contributed by atoms with Crippen molar-refractivity contribution in [3.8, 4) is 0 Å². The van der Waals surface area contributed by atoms with Crippen LogP contribution >= 0.6 is 11.6 Å². The van der Waals surface area contributed by atoms with E-state index in [0.29, 0.717) is 28.8 Å². The number of nitrogens with zero attached hydrogens (tertiary/aromatic N) is 3. The average molecular weight is 361 g/mol. The van der Waals surface area contributed by atoms with Gasteiger partial charge in [0.2, 0.25) is 5.95 Å². The maximum atomic E-state index is 12.8. The van der Waals surface area contributed by atoms with Gasteiger partial charge in [-0.05, 0) is 19.4 Å². The standard InChI is InChI=1S/C18H21ClN4O2/c1-3-4-7-10-25-17(24)15-12(2)22-18-20-11-21-23(18)16(15)13-8-5-6-9-14(13)19/h5-6,8-9,11,16H,3-4,7,10H2,1-2H3,(H,20,21,22). The van der Waals surface area contributed by atoms with Crippen LogP contribution in [0.15, 0.2) is 41.9 Å². The van der Waals surface area contributed by atoms with Crippen LogP contribution in [0.1, 0.15) is 44.7 Å². The van der Waals surface area contributed by atoms with E-state index in [1.807, 2.05) is 25.1 Å². The fraction of sp³-hybridized carbons (Fsp3) is 0.389. The third kappa shape index (κ3) is 3.54. The van der Waals surface area contributed by atoms with Crippen LogP contribution in [0.4, 0.5) is 5.95 Å². The number of rotatable bonds is 6. The minimum atomic E-state index is -0.467. The summed E-state index contributed by atoms with van der Waals surface area (Å²) >= 11 is 6.40. The molecular formula is C18H21ClN4O2. The first-order valence-electron chi connectivity index (χ1n) is 8.42. The normalized spacial score (nSPS) is 16.4. The van der Waals surface area contributed by atoms with E-state index < -0.39 is 6.04 Å². The Hall–Kier alpha value is -2.34. The summed E-state index contributed by atoms with van der Waals surface area (Å²) < 4.78 is 7.16. The van der Waals surface area contributed by atoms with Crippen molar-refractivity contribution in [3.63, 3.8) is 0 Å². The Morgan fingerprint density at radius 2 is 2.16 bits per heavy atom. The van der Waals surface area contributed by atoms with E-state index >= 15 is 0 Å². The number of hydrogen-bond donors (Lipinski definition) is 1. The van der Waals surface area contributed by atoms with Gasteiger partial charge in [0.1, 0.15) is 12.4 Å². The topological polar surface area (TPSA) is 69.0 Å². The third-order valence-electron chi connectivity index (χ3n) is 4.20. The summed E-state index contributed by atoms with van der Waals surface area (Å²) in [5.74, 6) is 0.220. The molecule has 0 aliphatic carbocycles. The quantitative estimate of drug-likeness (QED) is 0.624. The highest BCUT2D eigenvalue weighted by Gasteiger charge is 2.35. The zero-order chi connectivity index (χ0) is 17.8. The van der Waals surface area contributed by atoms with Crippen molar-refractivity contribution in [2.45, 2.75) is 39.2 Å². The summed E-state index contributed by atoms with van der Waals surface area (Å²) in [4.78, 5) is 17.0. The smallest absolute Gasteiger partial charge is 0.338 e. The highest BCUT2D eigenvalue weighted by molar-refractivity contribution is 6.31. The number of carbonyl (C=O) groups is 1. The van der Waals surface area contributed by atoms with Gasteiger partial charge in [-0.3, -0.25) is 0 Å². The molecule has 0 bridgehead atoms. The van der Waals surface area contributed by atoms with E-state index in [4.69, 9.17) is 16.3 Å². The molecule has 1 unspecified atom stereocenters. The monoisotopic (exact) mass is 360 g/mol. The zero-order valence-corrected chi connectivity index (χ0v) is 15.1. The zero-order valence-electron chi connectivity index (χ0n) is 14.3. The number of hydrogen-bond acceptors (Lipinski definition) is 5. The molecule has 0 saturated carbocycles. The van der Waals surface area contributed by atoms with Gasteiger partial charge in [0.25, 0.3) is 0 Å². The molecule has 1 aliphatic heterocycles. The Morgan fingerprint density at radius 3 is 2.92 bits per heavy atom. The second kappa shape index (κ2) is 7.70. The number of anilines is 1. The molecule has 0 fully saturated rings. The summed E-state index contributed by atoms with van der Waals surface area (Å²) in [5, 5.41) is 7.96. The molecule has 0 saturated heterocycles. The molecule has 0 amide bonds. The van der Waals surface area contributed by atoms with Crippen molar-refractivity contribution in [2.75, 3.05) is 11.9 Å². The Balaban J connectivity index is 1.96. The molecule has 1 atom stereocenters. The van der Waals surface area contributed by atoms with Gasteiger partial charge in [-0.15, -0.1) is 0 Å². The van der Waals surface area contributed by atoms with Crippen molar-refractivity contribution in [1.29, 1.82) is 0 Å². The molecule has 1 aliphatic rings. The van der Waals surface area contributed by atoms with Crippen molar-refractivity contribution in [2.24, 2.45) is 0 Å². The van der Waals surface area contributed by atoms with Gasteiger partial charge >= 0.3 is 5.97 Å². The summed E-state index contributed by atoms with van der Waals surface area (Å²) in [7, 11) is 0. The van der Waals surface area contributed by atoms with Crippen LogP contribution in [-0.2, 0) is 9.53 Å². The number of carbonyl (C=O) groups excluding carboxylic acids is 1. The average Bonchev–Trinajstić information content (AvgIpc) is 3.06. The summed E-state index contributed by atoms with van der Waals surface area (Å²) in [6, 6.07) is 6.97. The van der Waals surface area contributed by atoms with Gasteiger partial charge in [-0.2, -0.15) is 10.1 Å². The van der Waals surface area contributed by atoms with E-state index in [-0.39, 0.29) is 5.97 Å². The molecule has 2 heterocycles. The predicted octanol–water partition coefficient (Wildman–Crippen LogP) is 3.95. The lowest BCUT2D eigenvalue weighted by molar-refractivity contribution is -0.139. The molecule has 0 spiro atoms. The van der Waals surface area contributed by atoms with E-state index in [2.05, 4.69) is 22.3 Å². The number of benzene rings is 1. The highest BCUT2D eigenvalue weighted by atomic mass is 35.5. The molecule has 25 heavy (non-hydrogen) atoms. The number of nitrogens with one attached hydrogen (secondary N) is 1. The van der Waals surface area contributed by atoms with Crippen molar-refractivity contribution in [1.82, 2.24) is 14.8 Å². The second-order valence-electron chi connectivity index (χ2n) is 5.96. The van der Waals surface area contributed by atoms with Crippen molar-refractivity contribution < 1.29 is 9.53 Å². The number of esters is 1. The summed E-state index contributed by atoms with van der Waals surface area (Å²) in [5.41, 5.74) is 1.99. The molecule has 1 aromatic heterocycles. The molecule has 1 aromatic carbocycles. The Labute approximate surface area is 151 Å². The molecule has 132 valence electrons. The van der Waals surface area contributed by atoms with Crippen LogP contribution < -0.4 is 5.32 Å². The predicted molar refractivity (Wildman–Crippen MR) is 96.4 cm³/mol.